The maximum absolute atomic E-state index is 12.2. The lowest BCUT2D eigenvalue weighted by atomic mass is 9.95. The number of allylic oxidation sites excluding steroid dienone is 1. The average molecular weight is 369 g/mol. The molecule has 0 unspecified atom stereocenters. The minimum atomic E-state index is -0.761. The number of benzene rings is 1. The summed E-state index contributed by atoms with van der Waals surface area (Å²) in [7, 11) is 2.79. The molecular formula is C17H21ClN2O5. The van der Waals surface area contributed by atoms with E-state index in [1.165, 1.54) is 14.2 Å². The summed E-state index contributed by atoms with van der Waals surface area (Å²) in [6.07, 6.45) is 0.835. The van der Waals surface area contributed by atoms with Gasteiger partial charge in [-0.15, -0.1) is 0 Å². The van der Waals surface area contributed by atoms with Crippen molar-refractivity contribution in [3.63, 3.8) is 0 Å². The highest BCUT2D eigenvalue weighted by Crippen LogP contribution is 2.39. The Bertz CT molecular complexity index is 717. The van der Waals surface area contributed by atoms with Gasteiger partial charge in [-0.25, -0.2) is 9.59 Å². The first-order valence-electron chi connectivity index (χ1n) is 7.79. The normalized spacial score (nSPS) is 16.8. The maximum Gasteiger partial charge on any atom is 0.337 e. The number of ether oxygens (including phenoxy) is 3. The molecule has 1 aliphatic rings. The molecule has 0 aliphatic carbocycles. The molecule has 0 aromatic heterocycles. The summed E-state index contributed by atoms with van der Waals surface area (Å²) in [6, 6.07) is 2.07. The summed E-state index contributed by atoms with van der Waals surface area (Å²) < 4.78 is 15.8. The zero-order chi connectivity index (χ0) is 18.6. The molecule has 2 N–H and O–H groups in total. The van der Waals surface area contributed by atoms with Crippen molar-refractivity contribution in [3.05, 3.63) is 34.0 Å². The third-order valence-corrected chi connectivity index (χ3v) is 4.06. The predicted octanol–water partition coefficient (Wildman–Crippen LogP) is 2.94. The molecular weight excluding hydrogens is 348 g/mol. The Kier molecular flexibility index (Phi) is 6.14. The van der Waals surface area contributed by atoms with Gasteiger partial charge >= 0.3 is 12.0 Å². The highest BCUT2D eigenvalue weighted by atomic mass is 35.5. The van der Waals surface area contributed by atoms with Crippen LogP contribution in [0, 0.1) is 0 Å². The number of amides is 2. The Balaban J connectivity index is 2.53. The minimum Gasteiger partial charge on any atom is -0.493 e. The maximum atomic E-state index is 12.2. The van der Waals surface area contributed by atoms with E-state index in [9.17, 15) is 9.59 Å². The van der Waals surface area contributed by atoms with Crippen LogP contribution in [0.5, 0.6) is 11.5 Å². The third kappa shape index (κ3) is 3.99. The molecule has 1 heterocycles. The number of hydrogen-bond donors (Lipinski definition) is 2. The molecule has 8 heteroatoms. The number of nitrogens with one attached hydrogen (secondary N) is 2. The first kappa shape index (κ1) is 18.9. The molecule has 7 nitrogen and oxygen atoms in total. The number of carbonyl (C=O) groups is 2. The van der Waals surface area contributed by atoms with E-state index in [0.717, 1.165) is 6.42 Å². The first-order valence-corrected chi connectivity index (χ1v) is 8.17. The number of rotatable bonds is 6. The second kappa shape index (κ2) is 8.11. The van der Waals surface area contributed by atoms with Crippen molar-refractivity contribution in [1.82, 2.24) is 10.6 Å². The second-order valence-electron chi connectivity index (χ2n) is 5.43. The van der Waals surface area contributed by atoms with E-state index in [2.05, 4.69) is 10.6 Å². The van der Waals surface area contributed by atoms with Crippen LogP contribution in [0.1, 0.15) is 31.9 Å². The summed E-state index contributed by atoms with van der Waals surface area (Å²) in [5.74, 6) is 0.400. The zero-order valence-electron chi connectivity index (χ0n) is 14.6. The fourth-order valence-electron chi connectivity index (χ4n) is 2.56. The third-order valence-electron chi connectivity index (χ3n) is 3.73. The Hall–Kier alpha value is -2.41. The fourth-order valence-corrected chi connectivity index (χ4v) is 2.83. The molecule has 0 saturated heterocycles. The minimum absolute atomic E-state index is 0.272. The summed E-state index contributed by atoms with van der Waals surface area (Å²) in [6.45, 7) is 4.13. The van der Waals surface area contributed by atoms with Gasteiger partial charge in [0.2, 0.25) is 0 Å². The van der Waals surface area contributed by atoms with Gasteiger partial charge in [-0.1, -0.05) is 18.5 Å². The van der Waals surface area contributed by atoms with Crippen molar-refractivity contribution in [3.8, 4) is 11.5 Å². The molecule has 2 rings (SSSR count). The molecule has 0 bridgehead atoms. The van der Waals surface area contributed by atoms with E-state index >= 15 is 0 Å². The standard InChI is InChI=1S/C17H21ClN2O5/c1-5-6-25-13-8-11(18)10(7-12(13)23-3)15-14(16(21)24-4)9(2)19-17(22)20-15/h7-8,15H,5-6H2,1-4H3,(H2,19,20,22)/t15-/m0/s1. The van der Waals surface area contributed by atoms with Crippen LogP contribution < -0.4 is 20.1 Å². The number of esters is 1. The predicted molar refractivity (Wildman–Crippen MR) is 92.9 cm³/mol. The van der Waals surface area contributed by atoms with Gasteiger partial charge in [-0.3, -0.25) is 0 Å². The van der Waals surface area contributed by atoms with Crippen LogP contribution in [0.15, 0.2) is 23.4 Å². The van der Waals surface area contributed by atoms with E-state index in [4.69, 9.17) is 25.8 Å². The van der Waals surface area contributed by atoms with Crippen LogP contribution in [0.2, 0.25) is 5.02 Å². The lowest BCUT2D eigenvalue weighted by Crippen LogP contribution is -2.45. The monoisotopic (exact) mass is 368 g/mol. The van der Waals surface area contributed by atoms with Crippen molar-refractivity contribution in [1.29, 1.82) is 0 Å². The number of methoxy groups -OCH3 is 2. The topological polar surface area (TPSA) is 85.9 Å². The van der Waals surface area contributed by atoms with Gasteiger partial charge in [0.15, 0.2) is 11.5 Å². The summed E-state index contributed by atoms with van der Waals surface area (Å²) in [4.78, 5) is 24.1. The van der Waals surface area contributed by atoms with Crippen molar-refractivity contribution in [2.75, 3.05) is 20.8 Å². The van der Waals surface area contributed by atoms with Crippen molar-refractivity contribution < 1.29 is 23.8 Å². The van der Waals surface area contributed by atoms with Gasteiger partial charge in [0.05, 0.1) is 37.5 Å². The molecule has 2 amide bonds. The van der Waals surface area contributed by atoms with Gasteiger partial charge in [-0.05, 0) is 19.4 Å². The molecule has 0 saturated carbocycles. The van der Waals surface area contributed by atoms with Gasteiger partial charge in [0.25, 0.3) is 0 Å². The van der Waals surface area contributed by atoms with Crippen LogP contribution in [-0.2, 0) is 9.53 Å². The molecule has 1 aliphatic heterocycles. The average Bonchev–Trinajstić information content (AvgIpc) is 2.58. The number of halogens is 1. The summed E-state index contributed by atoms with van der Waals surface area (Å²) in [5, 5.41) is 5.60. The largest absolute Gasteiger partial charge is 0.493 e. The molecule has 0 radical (unpaired) electrons. The molecule has 0 spiro atoms. The highest BCUT2D eigenvalue weighted by Gasteiger charge is 2.33. The molecule has 1 aromatic carbocycles. The van der Waals surface area contributed by atoms with Crippen LogP contribution in [0.3, 0.4) is 0 Å². The van der Waals surface area contributed by atoms with E-state index in [-0.39, 0.29) is 5.57 Å². The molecule has 136 valence electrons. The van der Waals surface area contributed by atoms with Gasteiger partial charge in [-0.2, -0.15) is 0 Å². The van der Waals surface area contributed by atoms with Crippen LogP contribution in [0.4, 0.5) is 4.79 Å². The lowest BCUT2D eigenvalue weighted by molar-refractivity contribution is -0.136. The Labute approximate surface area is 151 Å². The van der Waals surface area contributed by atoms with Crippen molar-refractivity contribution in [2.45, 2.75) is 26.3 Å². The lowest BCUT2D eigenvalue weighted by Gasteiger charge is -2.28. The van der Waals surface area contributed by atoms with E-state index in [1.54, 1.807) is 19.1 Å². The highest BCUT2D eigenvalue weighted by molar-refractivity contribution is 6.31. The van der Waals surface area contributed by atoms with Crippen molar-refractivity contribution in [2.24, 2.45) is 0 Å². The molecule has 1 aromatic rings. The fraction of sp³-hybridized carbons (Fsp3) is 0.412. The van der Waals surface area contributed by atoms with Gasteiger partial charge in [0, 0.05) is 17.3 Å². The Morgan fingerprint density at radius 2 is 2.00 bits per heavy atom. The van der Waals surface area contributed by atoms with E-state index in [0.29, 0.717) is 34.4 Å². The summed E-state index contributed by atoms with van der Waals surface area (Å²) in [5.41, 5.74) is 1.19. The quantitative estimate of drug-likeness (QED) is 0.754. The number of urea groups is 1. The van der Waals surface area contributed by atoms with E-state index in [1.807, 2.05) is 6.92 Å². The number of hydrogen-bond acceptors (Lipinski definition) is 5. The molecule has 25 heavy (non-hydrogen) atoms. The summed E-state index contributed by atoms with van der Waals surface area (Å²) >= 11 is 6.40. The van der Waals surface area contributed by atoms with Crippen LogP contribution in [0.25, 0.3) is 0 Å². The van der Waals surface area contributed by atoms with Crippen LogP contribution >= 0.6 is 11.6 Å². The SMILES string of the molecule is CCCOc1cc(Cl)c([C@@H]2NC(=O)NC(C)=C2C(=O)OC)cc1OC. The number of carbonyl (C=O) groups excluding carboxylic acids is 2. The zero-order valence-corrected chi connectivity index (χ0v) is 15.3. The Morgan fingerprint density at radius 3 is 2.60 bits per heavy atom. The van der Waals surface area contributed by atoms with Crippen LogP contribution in [-0.4, -0.2) is 32.8 Å². The van der Waals surface area contributed by atoms with E-state index < -0.39 is 18.0 Å². The van der Waals surface area contributed by atoms with Gasteiger partial charge in [0.1, 0.15) is 0 Å². The first-order chi connectivity index (χ1) is 11.9. The smallest absolute Gasteiger partial charge is 0.337 e. The van der Waals surface area contributed by atoms with Gasteiger partial charge < -0.3 is 24.8 Å². The molecule has 0 fully saturated rings. The Morgan fingerprint density at radius 1 is 1.28 bits per heavy atom. The molecule has 1 atom stereocenters. The van der Waals surface area contributed by atoms with Crippen molar-refractivity contribution >= 4 is 23.6 Å². The second-order valence-corrected chi connectivity index (χ2v) is 5.84.